The molecule has 4 nitrogen and oxygen atoms in total. The smallest absolute Gasteiger partial charge is 0.161 e. The van der Waals surface area contributed by atoms with Crippen molar-refractivity contribution in [3.8, 4) is 0 Å². The third-order valence-corrected chi connectivity index (χ3v) is 5.81. The molecule has 4 rings (SSSR count). The van der Waals surface area contributed by atoms with Gasteiger partial charge in [0.25, 0.3) is 0 Å². The maximum Gasteiger partial charge on any atom is 0.161 e. The summed E-state index contributed by atoms with van der Waals surface area (Å²) in [5.74, 6) is 4.35. The Kier molecular flexibility index (Phi) is 3.86. The molecular weight excluding hydrogens is 280 g/mol. The number of pyridine rings is 1. The van der Waals surface area contributed by atoms with Crippen molar-refractivity contribution in [3.05, 3.63) is 24.2 Å². The van der Waals surface area contributed by atoms with Gasteiger partial charge in [0.15, 0.2) is 5.65 Å². The van der Waals surface area contributed by atoms with Crippen LogP contribution >= 0.6 is 11.8 Å². The average molecular weight is 302 g/mol. The quantitative estimate of drug-likeness (QED) is 0.924. The van der Waals surface area contributed by atoms with Crippen molar-refractivity contribution < 1.29 is 0 Å². The molecule has 2 aromatic heterocycles. The van der Waals surface area contributed by atoms with Crippen molar-refractivity contribution in [2.24, 2.45) is 0 Å². The molecule has 2 atom stereocenters. The van der Waals surface area contributed by atoms with Crippen LogP contribution in [0.25, 0.3) is 11.2 Å². The predicted octanol–water partition coefficient (Wildman–Crippen LogP) is 3.31. The minimum absolute atomic E-state index is 0.376. The average Bonchev–Trinajstić information content (AvgIpc) is 2.96. The fourth-order valence-corrected chi connectivity index (χ4v) is 4.68. The van der Waals surface area contributed by atoms with E-state index in [2.05, 4.69) is 32.7 Å². The van der Waals surface area contributed by atoms with Crippen LogP contribution in [0.15, 0.2) is 18.3 Å². The highest BCUT2D eigenvalue weighted by molar-refractivity contribution is 7.99. The van der Waals surface area contributed by atoms with Crippen LogP contribution in [0.3, 0.4) is 0 Å². The maximum atomic E-state index is 4.96. The van der Waals surface area contributed by atoms with Gasteiger partial charge in [0.1, 0.15) is 11.3 Å². The van der Waals surface area contributed by atoms with Crippen LogP contribution in [0, 0.1) is 0 Å². The van der Waals surface area contributed by atoms with Crippen LogP contribution in [0.4, 0.5) is 0 Å². The van der Waals surface area contributed by atoms with E-state index in [4.69, 9.17) is 4.98 Å². The minimum Gasteiger partial charge on any atom is -0.297 e. The molecule has 2 aromatic rings. The van der Waals surface area contributed by atoms with Gasteiger partial charge in [-0.3, -0.25) is 9.88 Å². The van der Waals surface area contributed by atoms with E-state index in [0.29, 0.717) is 12.1 Å². The Morgan fingerprint density at radius 3 is 3.05 bits per heavy atom. The molecule has 2 aliphatic heterocycles. The van der Waals surface area contributed by atoms with E-state index in [9.17, 15) is 0 Å². The second-order valence-electron chi connectivity index (χ2n) is 6.07. The van der Waals surface area contributed by atoms with Crippen LogP contribution in [-0.4, -0.2) is 32.6 Å². The number of hydrogen-bond donors (Lipinski definition) is 1. The van der Waals surface area contributed by atoms with Gasteiger partial charge in [0.2, 0.25) is 0 Å². The molecule has 0 amide bonds. The molecule has 2 unspecified atom stereocenters. The zero-order valence-electron chi connectivity index (χ0n) is 12.3. The van der Waals surface area contributed by atoms with Gasteiger partial charge < -0.3 is 0 Å². The van der Waals surface area contributed by atoms with E-state index in [0.717, 1.165) is 17.7 Å². The summed E-state index contributed by atoms with van der Waals surface area (Å²) in [7, 11) is 0. The van der Waals surface area contributed by atoms with Crippen LogP contribution in [0.5, 0.6) is 0 Å². The summed E-state index contributed by atoms with van der Waals surface area (Å²) >= 11 is 2.07. The molecule has 2 saturated heterocycles. The predicted molar refractivity (Wildman–Crippen MR) is 87.7 cm³/mol. The standard InChI is InChI=1S/C16H22N4S/c1-2-8-17-14(7-1)20-15(12-5-4-10-21-11-12)19-13-6-3-9-18-16(13)20/h3,6,9,12,14,17H,1-2,4-5,7-8,10-11H2. The van der Waals surface area contributed by atoms with Gasteiger partial charge in [-0.15, -0.1) is 0 Å². The molecule has 5 heteroatoms. The molecule has 2 aliphatic rings. The van der Waals surface area contributed by atoms with E-state index in [-0.39, 0.29) is 0 Å². The summed E-state index contributed by atoms with van der Waals surface area (Å²) in [5.41, 5.74) is 2.11. The molecule has 1 N–H and O–H groups in total. The van der Waals surface area contributed by atoms with Crippen LogP contribution in [0.1, 0.15) is 50.0 Å². The Morgan fingerprint density at radius 2 is 2.24 bits per heavy atom. The summed E-state index contributed by atoms with van der Waals surface area (Å²) in [6, 6.07) is 4.09. The number of nitrogens with zero attached hydrogens (tertiary/aromatic N) is 3. The first-order valence-corrected chi connectivity index (χ1v) is 9.23. The summed E-state index contributed by atoms with van der Waals surface area (Å²) in [6.45, 7) is 1.11. The summed E-state index contributed by atoms with van der Waals surface area (Å²) in [4.78, 5) is 9.58. The van der Waals surface area contributed by atoms with Crippen molar-refractivity contribution >= 4 is 22.9 Å². The molecule has 0 aromatic carbocycles. The molecule has 2 fully saturated rings. The Bertz CT molecular complexity index is 612. The first-order chi connectivity index (χ1) is 10.4. The van der Waals surface area contributed by atoms with Crippen molar-refractivity contribution in [2.75, 3.05) is 18.1 Å². The molecular formula is C16H22N4S. The van der Waals surface area contributed by atoms with Gasteiger partial charge in [0.05, 0.1) is 6.17 Å². The zero-order chi connectivity index (χ0) is 14.1. The minimum atomic E-state index is 0.376. The van der Waals surface area contributed by atoms with Gasteiger partial charge in [-0.1, -0.05) is 0 Å². The number of hydrogen-bond acceptors (Lipinski definition) is 4. The lowest BCUT2D eigenvalue weighted by molar-refractivity contribution is 0.314. The fraction of sp³-hybridized carbons (Fsp3) is 0.625. The van der Waals surface area contributed by atoms with Crippen LogP contribution in [-0.2, 0) is 0 Å². The number of aromatic nitrogens is 3. The number of piperidine rings is 1. The maximum absolute atomic E-state index is 4.96. The first kappa shape index (κ1) is 13.6. The highest BCUT2D eigenvalue weighted by atomic mass is 32.2. The molecule has 4 heterocycles. The number of nitrogens with one attached hydrogen (secondary N) is 1. The Hall–Kier alpha value is -1.07. The SMILES string of the molecule is c1cnc2c(c1)nc(C1CCCSC1)n2C1CCCCN1. The number of fused-ring (bicyclic) bond motifs is 1. The van der Waals surface area contributed by atoms with Crippen molar-refractivity contribution in [1.82, 2.24) is 19.9 Å². The summed E-state index contributed by atoms with van der Waals surface area (Å²) in [6.07, 6.45) is 8.61. The lowest BCUT2D eigenvalue weighted by Crippen LogP contribution is -2.33. The Morgan fingerprint density at radius 1 is 1.24 bits per heavy atom. The third-order valence-electron chi connectivity index (χ3n) is 4.60. The molecule has 0 saturated carbocycles. The second kappa shape index (κ2) is 5.97. The van der Waals surface area contributed by atoms with Gasteiger partial charge in [-0.25, -0.2) is 9.97 Å². The third kappa shape index (κ3) is 2.57. The summed E-state index contributed by atoms with van der Waals surface area (Å²) in [5, 5.41) is 3.67. The molecule has 112 valence electrons. The number of imidazole rings is 1. The first-order valence-electron chi connectivity index (χ1n) is 8.07. The molecule has 0 bridgehead atoms. The lowest BCUT2D eigenvalue weighted by atomic mass is 10.0. The van der Waals surface area contributed by atoms with E-state index >= 15 is 0 Å². The highest BCUT2D eigenvalue weighted by Gasteiger charge is 2.27. The topological polar surface area (TPSA) is 42.7 Å². The fourth-order valence-electron chi connectivity index (χ4n) is 3.54. The van der Waals surface area contributed by atoms with Crippen LogP contribution in [0.2, 0.25) is 0 Å². The van der Waals surface area contributed by atoms with Gasteiger partial charge in [-0.05, 0) is 56.5 Å². The Labute approximate surface area is 129 Å². The van der Waals surface area contributed by atoms with Crippen molar-refractivity contribution in [3.63, 3.8) is 0 Å². The van der Waals surface area contributed by atoms with E-state index in [1.165, 1.54) is 49.4 Å². The summed E-state index contributed by atoms with van der Waals surface area (Å²) < 4.78 is 2.41. The van der Waals surface area contributed by atoms with Crippen molar-refractivity contribution in [2.45, 2.75) is 44.2 Å². The number of thioether (sulfide) groups is 1. The molecule has 21 heavy (non-hydrogen) atoms. The molecule has 0 aliphatic carbocycles. The van der Waals surface area contributed by atoms with E-state index < -0.39 is 0 Å². The van der Waals surface area contributed by atoms with E-state index in [1.54, 1.807) is 0 Å². The van der Waals surface area contributed by atoms with E-state index in [1.807, 2.05) is 12.3 Å². The normalized spacial score (nSPS) is 27.0. The van der Waals surface area contributed by atoms with Gasteiger partial charge in [-0.2, -0.15) is 11.8 Å². The van der Waals surface area contributed by atoms with Crippen LogP contribution < -0.4 is 5.32 Å². The lowest BCUT2D eigenvalue weighted by Gasteiger charge is -2.29. The largest absolute Gasteiger partial charge is 0.297 e. The zero-order valence-corrected chi connectivity index (χ0v) is 13.1. The van der Waals surface area contributed by atoms with Gasteiger partial charge in [0, 0.05) is 17.9 Å². The molecule has 0 spiro atoms. The monoisotopic (exact) mass is 302 g/mol. The van der Waals surface area contributed by atoms with Crippen molar-refractivity contribution in [1.29, 1.82) is 0 Å². The van der Waals surface area contributed by atoms with Gasteiger partial charge >= 0.3 is 0 Å². The number of rotatable bonds is 2. The molecule has 0 radical (unpaired) electrons. The highest BCUT2D eigenvalue weighted by Crippen LogP contribution is 2.34. The Balaban J connectivity index is 1.79. The second-order valence-corrected chi connectivity index (χ2v) is 7.22.